The van der Waals surface area contributed by atoms with Crippen molar-refractivity contribution in [3.05, 3.63) is 23.8 Å². The summed E-state index contributed by atoms with van der Waals surface area (Å²) in [5, 5.41) is 13.7. The SMILES string of the molecule is Cc1cc(NC(=O)NCCC(=O)O)ccc1OC1CCOCC1. The number of rotatable bonds is 6. The number of carbonyl (C=O) groups is 2. The second kappa shape index (κ2) is 8.38. The van der Waals surface area contributed by atoms with Crippen LogP contribution >= 0.6 is 0 Å². The van der Waals surface area contributed by atoms with Crippen molar-refractivity contribution in [2.24, 2.45) is 0 Å². The molecule has 3 N–H and O–H groups in total. The lowest BCUT2D eigenvalue weighted by Gasteiger charge is -2.24. The van der Waals surface area contributed by atoms with E-state index in [2.05, 4.69) is 10.6 Å². The number of anilines is 1. The topological polar surface area (TPSA) is 96.9 Å². The summed E-state index contributed by atoms with van der Waals surface area (Å²) in [6.45, 7) is 3.45. The lowest BCUT2D eigenvalue weighted by atomic mass is 10.1. The molecule has 126 valence electrons. The highest BCUT2D eigenvalue weighted by Gasteiger charge is 2.16. The van der Waals surface area contributed by atoms with E-state index in [9.17, 15) is 9.59 Å². The molecule has 0 aliphatic carbocycles. The first-order chi connectivity index (χ1) is 11.0. The Bertz CT molecular complexity index is 555. The third-order valence-corrected chi connectivity index (χ3v) is 3.52. The lowest BCUT2D eigenvalue weighted by Crippen LogP contribution is -2.30. The Balaban J connectivity index is 1.85. The first-order valence-corrected chi connectivity index (χ1v) is 7.66. The Morgan fingerprint density at radius 3 is 2.74 bits per heavy atom. The average Bonchev–Trinajstić information content (AvgIpc) is 2.50. The highest BCUT2D eigenvalue weighted by Crippen LogP contribution is 2.25. The number of aliphatic carboxylic acids is 1. The van der Waals surface area contributed by atoms with Gasteiger partial charge in [-0.15, -0.1) is 0 Å². The minimum Gasteiger partial charge on any atom is -0.490 e. The Hall–Kier alpha value is -2.28. The van der Waals surface area contributed by atoms with Gasteiger partial charge in [-0.05, 0) is 30.7 Å². The van der Waals surface area contributed by atoms with Crippen molar-refractivity contribution < 1.29 is 24.2 Å². The van der Waals surface area contributed by atoms with E-state index in [0.717, 1.165) is 37.4 Å². The molecule has 1 aliphatic rings. The first-order valence-electron chi connectivity index (χ1n) is 7.66. The quantitative estimate of drug-likeness (QED) is 0.745. The predicted molar refractivity (Wildman–Crippen MR) is 84.9 cm³/mol. The van der Waals surface area contributed by atoms with Gasteiger partial charge in [-0.2, -0.15) is 0 Å². The van der Waals surface area contributed by atoms with Gasteiger partial charge in [0.2, 0.25) is 0 Å². The molecule has 1 aliphatic heterocycles. The molecular formula is C16H22N2O5. The third kappa shape index (κ3) is 5.78. The molecule has 0 aromatic heterocycles. The van der Waals surface area contributed by atoms with Crippen LogP contribution in [-0.2, 0) is 9.53 Å². The van der Waals surface area contributed by atoms with Crippen molar-refractivity contribution in [1.29, 1.82) is 0 Å². The van der Waals surface area contributed by atoms with Gasteiger partial charge in [0.25, 0.3) is 0 Å². The zero-order valence-corrected chi connectivity index (χ0v) is 13.1. The molecule has 2 amide bonds. The molecule has 2 rings (SSSR count). The monoisotopic (exact) mass is 322 g/mol. The fourth-order valence-electron chi connectivity index (χ4n) is 2.29. The van der Waals surface area contributed by atoms with Gasteiger partial charge in [0, 0.05) is 25.1 Å². The van der Waals surface area contributed by atoms with Gasteiger partial charge >= 0.3 is 12.0 Å². The largest absolute Gasteiger partial charge is 0.490 e. The molecule has 7 heteroatoms. The van der Waals surface area contributed by atoms with Gasteiger partial charge in [-0.25, -0.2) is 4.79 Å². The Labute approximate surface area is 135 Å². The van der Waals surface area contributed by atoms with Crippen LogP contribution in [0.5, 0.6) is 5.75 Å². The van der Waals surface area contributed by atoms with E-state index in [1.807, 2.05) is 19.1 Å². The van der Waals surface area contributed by atoms with Crippen LogP contribution in [0.15, 0.2) is 18.2 Å². The van der Waals surface area contributed by atoms with E-state index in [1.165, 1.54) is 0 Å². The smallest absolute Gasteiger partial charge is 0.319 e. The minimum absolute atomic E-state index is 0.0884. The third-order valence-electron chi connectivity index (χ3n) is 3.52. The number of carboxylic acid groups (broad SMARTS) is 1. The summed E-state index contributed by atoms with van der Waals surface area (Å²) in [6, 6.07) is 4.99. The first kappa shape index (κ1) is 17.1. The number of nitrogens with one attached hydrogen (secondary N) is 2. The summed E-state index contributed by atoms with van der Waals surface area (Å²) in [7, 11) is 0. The zero-order chi connectivity index (χ0) is 16.7. The van der Waals surface area contributed by atoms with Crippen LogP contribution in [0.3, 0.4) is 0 Å². The van der Waals surface area contributed by atoms with Crippen LogP contribution in [0.4, 0.5) is 10.5 Å². The highest BCUT2D eigenvalue weighted by molar-refractivity contribution is 5.89. The molecule has 1 fully saturated rings. The molecule has 0 saturated carbocycles. The lowest BCUT2D eigenvalue weighted by molar-refractivity contribution is -0.136. The van der Waals surface area contributed by atoms with Gasteiger partial charge in [0.1, 0.15) is 11.9 Å². The van der Waals surface area contributed by atoms with E-state index in [-0.39, 0.29) is 19.1 Å². The van der Waals surface area contributed by atoms with Gasteiger partial charge in [0.15, 0.2) is 0 Å². The van der Waals surface area contributed by atoms with Crippen molar-refractivity contribution in [3.63, 3.8) is 0 Å². The van der Waals surface area contributed by atoms with Gasteiger partial charge in [-0.3, -0.25) is 4.79 Å². The van der Waals surface area contributed by atoms with Crippen LogP contribution in [0.2, 0.25) is 0 Å². The molecule has 1 heterocycles. The van der Waals surface area contributed by atoms with Crippen LogP contribution in [0, 0.1) is 6.92 Å². The summed E-state index contributed by atoms with van der Waals surface area (Å²) in [6.07, 6.45) is 1.82. The normalized spacial score (nSPS) is 15.0. The van der Waals surface area contributed by atoms with Crippen molar-refractivity contribution in [2.75, 3.05) is 25.1 Å². The van der Waals surface area contributed by atoms with Crippen molar-refractivity contribution in [3.8, 4) is 5.75 Å². The molecule has 0 atom stereocenters. The number of amides is 2. The molecule has 23 heavy (non-hydrogen) atoms. The van der Waals surface area contributed by atoms with Crippen molar-refractivity contribution >= 4 is 17.7 Å². The standard InChI is InChI=1S/C16H22N2O5/c1-11-10-12(18-16(21)17-7-4-15(19)20)2-3-14(11)23-13-5-8-22-9-6-13/h2-3,10,13H,4-9H2,1H3,(H,19,20)(H2,17,18,21). The van der Waals surface area contributed by atoms with E-state index in [0.29, 0.717) is 5.69 Å². The van der Waals surface area contributed by atoms with Crippen LogP contribution in [0.25, 0.3) is 0 Å². The molecule has 1 aromatic rings. The highest BCUT2D eigenvalue weighted by atomic mass is 16.5. The number of urea groups is 1. The number of benzene rings is 1. The number of hydrogen-bond donors (Lipinski definition) is 3. The Morgan fingerprint density at radius 2 is 2.09 bits per heavy atom. The van der Waals surface area contributed by atoms with Gasteiger partial charge in [0.05, 0.1) is 19.6 Å². The fourth-order valence-corrected chi connectivity index (χ4v) is 2.29. The van der Waals surface area contributed by atoms with E-state index in [1.54, 1.807) is 6.07 Å². The second-order valence-electron chi connectivity index (χ2n) is 5.43. The van der Waals surface area contributed by atoms with Crippen molar-refractivity contribution in [2.45, 2.75) is 32.3 Å². The number of carbonyl (C=O) groups excluding carboxylic acids is 1. The number of carboxylic acids is 1. The van der Waals surface area contributed by atoms with E-state index in [4.69, 9.17) is 14.6 Å². The molecular weight excluding hydrogens is 300 g/mol. The maximum absolute atomic E-state index is 11.6. The Morgan fingerprint density at radius 1 is 1.35 bits per heavy atom. The molecule has 1 aromatic carbocycles. The summed E-state index contributed by atoms with van der Waals surface area (Å²) in [4.78, 5) is 22.0. The number of aryl methyl sites for hydroxylation is 1. The predicted octanol–water partition coefficient (Wildman–Crippen LogP) is 2.15. The molecule has 0 bridgehead atoms. The summed E-state index contributed by atoms with van der Waals surface area (Å²) in [5.41, 5.74) is 1.56. The second-order valence-corrected chi connectivity index (χ2v) is 5.43. The summed E-state index contributed by atoms with van der Waals surface area (Å²) in [5.74, 6) is -0.149. The van der Waals surface area contributed by atoms with E-state index < -0.39 is 12.0 Å². The molecule has 0 spiro atoms. The van der Waals surface area contributed by atoms with Crippen molar-refractivity contribution in [1.82, 2.24) is 5.32 Å². The number of hydrogen-bond acceptors (Lipinski definition) is 4. The fraction of sp³-hybridized carbons (Fsp3) is 0.500. The molecule has 0 radical (unpaired) electrons. The average molecular weight is 322 g/mol. The number of ether oxygens (including phenoxy) is 2. The maximum Gasteiger partial charge on any atom is 0.319 e. The Kier molecular flexibility index (Phi) is 6.22. The molecule has 7 nitrogen and oxygen atoms in total. The van der Waals surface area contributed by atoms with Gasteiger partial charge < -0.3 is 25.2 Å². The molecule has 1 saturated heterocycles. The van der Waals surface area contributed by atoms with Gasteiger partial charge in [-0.1, -0.05) is 0 Å². The molecule has 0 unspecified atom stereocenters. The summed E-state index contributed by atoms with van der Waals surface area (Å²) < 4.78 is 11.3. The van der Waals surface area contributed by atoms with Crippen LogP contribution in [0.1, 0.15) is 24.8 Å². The maximum atomic E-state index is 11.6. The van der Waals surface area contributed by atoms with Crippen LogP contribution in [-0.4, -0.2) is 43.0 Å². The van der Waals surface area contributed by atoms with Crippen LogP contribution < -0.4 is 15.4 Å². The minimum atomic E-state index is -0.948. The zero-order valence-electron chi connectivity index (χ0n) is 13.1. The van der Waals surface area contributed by atoms with E-state index >= 15 is 0 Å². The summed E-state index contributed by atoms with van der Waals surface area (Å²) >= 11 is 0.